The molecule has 2 aromatic rings. The first kappa shape index (κ1) is 15.4. The number of rotatable bonds is 5. The Kier molecular flexibility index (Phi) is 4.25. The van der Waals surface area contributed by atoms with Crippen LogP contribution in [0.15, 0.2) is 30.6 Å². The van der Waals surface area contributed by atoms with E-state index in [-0.39, 0.29) is 6.04 Å². The first-order chi connectivity index (χ1) is 11.2. The van der Waals surface area contributed by atoms with E-state index < -0.39 is 0 Å². The maximum absolute atomic E-state index is 6.07. The molecule has 1 aromatic heterocycles. The summed E-state index contributed by atoms with van der Waals surface area (Å²) in [7, 11) is 4.87. The van der Waals surface area contributed by atoms with Gasteiger partial charge in [0, 0.05) is 24.8 Å². The van der Waals surface area contributed by atoms with Crippen molar-refractivity contribution in [2.75, 3.05) is 32.8 Å². The molecule has 1 aliphatic rings. The van der Waals surface area contributed by atoms with Crippen molar-refractivity contribution in [3.8, 4) is 17.2 Å². The van der Waals surface area contributed by atoms with E-state index in [0.29, 0.717) is 23.8 Å². The summed E-state index contributed by atoms with van der Waals surface area (Å²) in [6.07, 6.45) is 3.60. The number of methoxy groups -OCH3 is 3. The molecule has 0 bridgehead atoms. The van der Waals surface area contributed by atoms with Crippen LogP contribution in [0.4, 0.5) is 5.69 Å². The molecular weight excluding hydrogens is 294 g/mol. The predicted molar refractivity (Wildman–Crippen MR) is 88.3 cm³/mol. The maximum Gasteiger partial charge on any atom is 0.203 e. The Hall–Kier alpha value is -2.47. The molecule has 0 saturated heterocycles. The smallest absolute Gasteiger partial charge is 0.203 e. The number of anilines is 1. The fourth-order valence-corrected chi connectivity index (χ4v) is 3.21. The van der Waals surface area contributed by atoms with Crippen LogP contribution in [0.1, 0.15) is 17.2 Å². The first-order valence-corrected chi connectivity index (χ1v) is 7.43. The lowest BCUT2D eigenvalue weighted by molar-refractivity contribution is 0.321. The molecule has 122 valence electrons. The number of pyridine rings is 1. The monoisotopic (exact) mass is 315 g/mol. The Morgan fingerprint density at radius 3 is 2.57 bits per heavy atom. The summed E-state index contributed by atoms with van der Waals surface area (Å²) in [6, 6.07) is 5.95. The highest BCUT2D eigenvalue weighted by Crippen LogP contribution is 2.49. The molecule has 0 radical (unpaired) electrons. The Balaban J connectivity index is 2.14. The van der Waals surface area contributed by atoms with Gasteiger partial charge in [-0.25, -0.2) is 0 Å². The van der Waals surface area contributed by atoms with Gasteiger partial charge in [0.05, 0.1) is 39.3 Å². The molecule has 2 heterocycles. The molecule has 0 aliphatic carbocycles. The van der Waals surface area contributed by atoms with Gasteiger partial charge < -0.3 is 24.8 Å². The van der Waals surface area contributed by atoms with Gasteiger partial charge in [-0.1, -0.05) is 0 Å². The molecule has 1 aliphatic heterocycles. The van der Waals surface area contributed by atoms with Crippen molar-refractivity contribution in [1.29, 1.82) is 0 Å². The van der Waals surface area contributed by atoms with Crippen LogP contribution in [0, 0.1) is 0 Å². The minimum absolute atomic E-state index is 0.00366. The van der Waals surface area contributed by atoms with Crippen LogP contribution in [-0.4, -0.2) is 32.9 Å². The van der Waals surface area contributed by atoms with Crippen LogP contribution >= 0.6 is 0 Å². The Morgan fingerprint density at radius 1 is 1.22 bits per heavy atom. The standard InChI is InChI=1S/C17H21N3O3/c1-21-14-7-11-10-20(12-5-4-6-19-9-12)13(8-18)15(11)17(23-3)16(14)22-2/h4-7,9,13H,8,10,18H2,1-3H3. The molecule has 23 heavy (non-hydrogen) atoms. The van der Waals surface area contributed by atoms with E-state index in [4.69, 9.17) is 19.9 Å². The third-order valence-electron chi connectivity index (χ3n) is 4.21. The lowest BCUT2D eigenvalue weighted by Gasteiger charge is -2.26. The van der Waals surface area contributed by atoms with Gasteiger partial charge in [0.2, 0.25) is 5.75 Å². The topological polar surface area (TPSA) is 69.8 Å². The number of benzene rings is 1. The van der Waals surface area contributed by atoms with Crippen molar-refractivity contribution in [2.45, 2.75) is 12.6 Å². The molecule has 1 atom stereocenters. The molecule has 6 nitrogen and oxygen atoms in total. The highest BCUT2D eigenvalue weighted by molar-refractivity contribution is 5.65. The molecular formula is C17H21N3O3. The minimum atomic E-state index is 0.00366. The summed E-state index contributed by atoms with van der Waals surface area (Å²) in [6.45, 7) is 1.19. The number of nitrogens with two attached hydrogens (primary N) is 1. The van der Waals surface area contributed by atoms with E-state index in [0.717, 1.165) is 23.4 Å². The van der Waals surface area contributed by atoms with Gasteiger partial charge in [0.1, 0.15) is 0 Å². The molecule has 3 rings (SSSR count). The average Bonchev–Trinajstić information content (AvgIpc) is 2.98. The van der Waals surface area contributed by atoms with Crippen molar-refractivity contribution >= 4 is 5.69 Å². The van der Waals surface area contributed by atoms with Crippen LogP contribution in [0.2, 0.25) is 0 Å². The average molecular weight is 315 g/mol. The lowest BCUT2D eigenvalue weighted by Crippen LogP contribution is -2.28. The normalized spacial score (nSPS) is 16.2. The molecule has 2 N–H and O–H groups in total. The van der Waals surface area contributed by atoms with Gasteiger partial charge in [-0.2, -0.15) is 0 Å². The van der Waals surface area contributed by atoms with Gasteiger partial charge in [0.15, 0.2) is 11.5 Å². The van der Waals surface area contributed by atoms with E-state index in [9.17, 15) is 0 Å². The van der Waals surface area contributed by atoms with Crippen molar-refractivity contribution < 1.29 is 14.2 Å². The molecule has 0 amide bonds. The molecule has 0 saturated carbocycles. The minimum Gasteiger partial charge on any atom is -0.493 e. The van der Waals surface area contributed by atoms with E-state index >= 15 is 0 Å². The summed E-state index contributed by atoms with van der Waals surface area (Å²) in [4.78, 5) is 6.43. The molecule has 1 unspecified atom stereocenters. The van der Waals surface area contributed by atoms with Gasteiger partial charge in [-0.05, 0) is 23.8 Å². The van der Waals surface area contributed by atoms with Crippen LogP contribution in [-0.2, 0) is 6.54 Å². The second-order valence-electron chi connectivity index (χ2n) is 5.31. The van der Waals surface area contributed by atoms with Crippen LogP contribution < -0.4 is 24.8 Å². The van der Waals surface area contributed by atoms with Crippen molar-refractivity contribution in [3.05, 3.63) is 41.7 Å². The number of fused-ring (bicyclic) bond motifs is 1. The number of ether oxygens (including phenoxy) is 3. The predicted octanol–water partition coefficient (Wildman–Crippen LogP) is 2.13. The SMILES string of the molecule is COc1cc2c(c(OC)c1OC)C(CN)N(c1cccnc1)C2. The fourth-order valence-electron chi connectivity index (χ4n) is 3.21. The molecule has 1 aromatic carbocycles. The lowest BCUT2D eigenvalue weighted by atomic mass is 10.0. The number of aromatic nitrogens is 1. The van der Waals surface area contributed by atoms with E-state index in [2.05, 4.69) is 9.88 Å². The van der Waals surface area contributed by atoms with Crippen molar-refractivity contribution in [2.24, 2.45) is 5.73 Å². The summed E-state index contributed by atoms with van der Waals surface area (Å²) in [5.74, 6) is 1.94. The van der Waals surface area contributed by atoms with Crippen LogP contribution in [0.5, 0.6) is 17.2 Å². The largest absolute Gasteiger partial charge is 0.493 e. The van der Waals surface area contributed by atoms with Gasteiger partial charge in [-0.3, -0.25) is 4.98 Å². The maximum atomic E-state index is 6.07. The summed E-state index contributed by atoms with van der Waals surface area (Å²) in [5.41, 5.74) is 9.28. The molecule has 6 heteroatoms. The summed E-state index contributed by atoms with van der Waals surface area (Å²) < 4.78 is 16.6. The zero-order chi connectivity index (χ0) is 16.4. The zero-order valence-electron chi connectivity index (χ0n) is 13.6. The molecule has 0 fully saturated rings. The van der Waals surface area contributed by atoms with Gasteiger partial charge >= 0.3 is 0 Å². The second kappa shape index (κ2) is 6.34. The number of hydrogen-bond acceptors (Lipinski definition) is 6. The molecule has 0 spiro atoms. The third-order valence-corrected chi connectivity index (χ3v) is 4.21. The van der Waals surface area contributed by atoms with Gasteiger partial charge in [-0.15, -0.1) is 0 Å². The van der Waals surface area contributed by atoms with Gasteiger partial charge in [0.25, 0.3) is 0 Å². The number of nitrogens with zero attached hydrogens (tertiary/aromatic N) is 2. The Bertz CT molecular complexity index is 691. The first-order valence-electron chi connectivity index (χ1n) is 7.43. The highest BCUT2D eigenvalue weighted by Gasteiger charge is 2.35. The third kappa shape index (κ3) is 2.45. The fraction of sp³-hybridized carbons (Fsp3) is 0.353. The second-order valence-corrected chi connectivity index (χ2v) is 5.31. The van der Waals surface area contributed by atoms with Crippen molar-refractivity contribution in [1.82, 2.24) is 4.98 Å². The number of hydrogen-bond donors (Lipinski definition) is 1. The highest BCUT2D eigenvalue weighted by atomic mass is 16.5. The van der Waals surface area contributed by atoms with Crippen LogP contribution in [0.3, 0.4) is 0 Å². The summed E-state index contributed by atoms with van der Waals surface area (Å²) >= 11 is 0. The van der Waals surface area contributed by atoms with Crippen LogP contribution in [0.25, 0.3) is 0 Å². The quantitative estimate of drug-likeness (QED) is 0.911. The summed E-state index contributed by atoms with van der Waals surface area (Å²) in [5, 5.41) is 0. The van der Waals surface area contributed by atoms with E-state index in [1.807, 2.05) is 24.4 Å². The Morgan fingerprint density at radius 2 is 2.00 bits per heavy atom. The zero-order valence-corrected chi connectivity index (χ0v) is 13.6. The Labute approximate surface area is 135 Å². The van der Waals surface area contributed by atoms with E-state index in [1.54, 1.807) is 27.5 Å². The van der Waals surface area contributed by atoms with E-state index in [1.165, 1.54) is 0 Å². The van der Waals surface area contributed by atoms with Crippen molar-refractivity contribution in [3.63, 3.8) is 0 Å².